The molecule has 0 unspecified atom stereocenters. The Balaban J connectivity index is 2.30. The lowest BCUT2D eigenvalue weighted by atomic mass is 9.97. The normalized spacial score (nSPS) is 20.9. The molecular weight excluding hydrogens is 203 g/mol. The number of rotatable bonds is 1. The van der Waals surface area contributed by atoms with E-state index in [1.54, 1.807) is 12.3 Å². The van der Waals surface area contributed by atoms with Gasteiger partial charge in [0.05, 0.1) is 5.56 Å². The SMILES string of the molecule is FC(F)(F)c1cccc([C@H]2C=NCC2)c1. The summed E-state index contributed by atoms with van der Waals surface area (Å²) in [5.74, 6) is 0.0484. The van der Waals surface area contributed by atoms with E-state index in [9.17, 15) is 13.2 Å². The minimum atomic E-state index is -4.26. The van der Waals surface area contributed by atoms with Gasteiger partial charge in [-0.25, -0.2) is 0 Å². The molecule has 0 amide bonds. The first kappa shape index (κ1) is 10.2. The average Bonchev–Trinajstić information content (AvgIpc) is 2.69. The maximum Gasteiger partial charge on any atom is 0.416 e. The smallest absolute Gasteiger partial charge is 0.297 e. The van der Waals surface area contributed by atoms with E-state index in [-0.39, 0.29) is 5.92 Å². The first-order valence-corrected chi connectivity index (χ1v) is 4.74. The summed E-state index contributed by atoms with van der Waals surface area (Å²) in [4.78, 5) is 4.03. The van der Waals surface area contributed by atoms with Gasteiger partial charge in [0.15, 0.2) is 0 Å². The maximum atomic E-state index is 12.4. The zero-order valence-electron chi connectivity index (χ0n) is 7.96. The maximum absolute atomic E-state index is 12.4. The molecule has 80 valence electrons. The Labute approximate surface area is 85.6 Å². The van der Waals surface area contributed by atoms with Crippen LogP contribution in [0.25, 0.3) is 0 Å². The first-order valence-electron chi connectivity index (χ1n) is 4.74. The minimum Gasteiger partial charge on any atom is -0.297 e. The number of hydrogen-bond acceptors (Lipinski definition) is 1. The summed E-state index contributed by atoms with van der Waals surface area (Å²) in [5, 5.41) is 0. The molecule has 0 radical (unpaired) electrons. The molecule has 15 heavy (non-hydrogen) atoms. The van der Waals surface area contributed by atoms with Crippen molar-refractivity contribution in [2.75, 3.05) is 6.54 Å². The molecule has 0 saturated carbocycles. The molecule has 1 aromatic rings. The summed E-state index contributed by atoms with van der Waals surface area (Å²) >= 11 is 0. The van der Waals surface area contributed by atoms with E-state index in [1.807, 2.05) is 0 Å². The summed E-state index contributed by atoms with van der Waals surface area (Å²) in [6.07, 6.45) is -1.72. The van der Waals surface area contributed by atoms with Gasteiger partial charge >= 0.3 is 6.18 Å². The number of halogens is 3. The van der Waals surface area contributed by atoms with Gasteiger partial charge in [0.2, 0.25) is 0 Å². The highest BCUT2D eigenvalue weighted by molar-refractivity contribution is 5.69. The highest BCUT2D eigenvalue weighted by Gasteiger charge is 2.30. The molecule has 1 aromatic carbocycles. The van der Waals surface area contributed by atoms with Crippen LogP contribution in [0.2, 0.25) is 0 Å². The van der Waals surface area contributed by atoms with Gasteiger partial charge in [-0.15, -0.1) is 0 Å². The molecule has 0 spiro atoms. The summed E-state index contributed by atoms with van der Waals surface area (Å²) in [7, 11) is 0. The molecule has 4 heteroatoms. The third kappa shape index (κ3) is 2.19. The largest absolute Gasteiger partial charge is 0.416 e. The Hall–Kier alpha value is -1.32. The van der Waals surface area contributed by atoms with Gasteiger partial charge in [-0.05, 0) is 18.1 Å². The third-order valence-electron chi connectivity index (χ3n) is 2.50. The molecule has 1 aliphatic heterocycles. The highest BCUT2D eigenvalue weighted by atomic mass is 19.4. The van der Waals surface area contributed by atoms with Gasteiger partial charge < -0.3 is 0 Å². The van der Waals surface area contributed by atoms with Crippen molar-refractivity contribution in [3.05, 3.63) is 35.4 Å². The number of hydrogen-bond donors (Lipinski definition) is 0. The quantitative estimate of drug-likeness (QED) is 0.679. The zero-order valence-corrected chi connectivity index (χ0v) is 7.96. The van der Waals surface area contributed by atoms with E-state index in [0.717, 1.165) is 12.5 Å². The van der Waals surface area contributed by atoms with E-state index in [0.29, 0.717) is 12.1 Å². The van der Waals surface area contributed by atoms with Gasteiger partial charge in [-0.1, -0.05) is 18.2 Å². The monoisotopic (exact) mass is 213 g/mol. The van der Waals surface area contributed by atoms with Crippen LogP contribution in [0.4, 0.5) is 13.2 Å². The van der Waals surface area contributed by atoms with Crippen molar-refractivity contribution in [1.29, 1.82) is 0 Å². The van der Waals surface area contributed by atoms with Crippen LogP contribution in [0.3, 0.4) is 0 Å². The van der Waals surface area contributed by atoms with Crippen LogP contribution in [0.5, 0.6) is 0 Å². The molecule has 1 heterocycles. The minimum absolute atomic E-state index is 0.0484. The number of alkyl halides is 3. The van der Waals surface area contributed by atoms with Crippen molar-refractivity contribution in [2.24, 2.45) is 4.99 Å². The first-order chi connectivity index (χ1) is 7.07. The molecule has 0 aliphatic carbocycles. The fraction of sp³-hybridized carbons (Fsp3) is 0.364. The van der Waals surface area contributed by atoms with Crippen LogP contribution < -0.4 is 0 Å². The molecule has 0 N–H and O–H groups in total. The predicted molar refractivity (Wildman–Crippen MR) is 52.2 cm³/mol. The lowest BCUT2D eigenvalue weighted by molar-refractivity contribution is -0.137. The summed E-state index contributed by atoms with van der Waals surface area (Å²) < 4.78 is 37.3. The Bertz CT molecular complexity index is 382. The van der Waals surface area contributed by atoms with Crippen molar-refractivity contribution < 1.29 is 13.2 Å². The lowest BCUT2D eigenvalue weighted by Gasteiger charge is -2.11. The van der Waals surface area contributed by atoms with Crippen LogP contribution in [0.1, 0.15) is 23.5 Å². The molecule has 0 saturated heterocycles. The topological polar surface area (TPSA) is 12.4 Å². The molecule has 1 nitrogen and oxygen atoms in total. The fourth-order valence-electron chi connectivity index (χ4n) is 1.69. The number of aliphatic imine (C=N–C) groups is 1. The van der Waals surface area contributed by atoms with Crippen LogP contribution in [0, 0.1) is 0 Å². The predicted octanol–water partition coefficient (Wildman–Crippen LogP) is 3.26. The lowest BCUT2D eigenvalue weighted by Crippen LogP contribution is -2.06. The van der Waals surface area contributed by atoms with Crippen LogP contribution in [0.15, 0.2) is 29.3 Å². The zero-order chi connectivity index (χ0) is 10.9. The molecule has 0 aromatic heterocycles. The van der Waals surface area contributed by atoms with Gasteiger partial charge in [0, 0.05) is 18.7 Å². The second-order valence-corrected chi connectivity index (χ2v) is 3.57. The van der Waals surface area contributed by atoms with E-state index in [1.165, 1.54) is 12.1 Å². The second kappa shape index (κ2) is 3.68. The van der Waals surface area contributed by atoms with Crippen molar-refractivity contribution >= 4 is 6.21 Å². The van der Waals surface area contributed by atoms with Gasteiger partial charge in [-0.3, -0.25) is 4.99 Å². The van der Waals surface area contributed by atoms with Gasteiger partial charge in [0.1, 0.15) is 0 Å². The fourth-order valence-corrected chi connectivity index (χ4v) is 1.69. The Morgan fingerprint density at radius 3 is 2.67 bits per heavy atom. The Morgan fingerprint density at radius 1 is 1.27 bits per heavy atom. The molecular formula is C11H10F3N. The van der Waals surface area contributed by atoms with E-state index < -0.39 is 11.7 Å². The van der Waals surface area contributed by atoms with E-state index in [4.69, 9.17) is 0 Å². The molecule has 1 atom stereocenters. The van der Waals surface area contributed by atoms with Gasteiger partial charge in [0.25, 0.3) is 0 Å². The van der Waals surface area contributed by atoms with Crippen LogP contribution in [-0.4, -0.2) is 12.8 Å². The van der Waals surface area contributed by atoms with Crippen molar-refractivity contribution in [3.63, 3.8) is 0 Å². The van der Waals surface area contributed by atoms with Crippen LogP contribution >= 0.6 is 0 Å². The summed E-state index contributed by atoms with van der Waals surface area (Å²) in [6.45, 7) is 0.709. The van der Waals surface area contributed by atoms with Gasteiger partial charge in [-0.2, -0.15) is 13.2 Å². The van der Waals surface area contributed by atoms with E-state index in [2.05, 4.69) is 4.99 Å². The Morgan fingerprint density at radius 2 is 2.07 bits per heavy atom. The number of nitrogens with zero attached hydrogens (tertiary/aromatic N) is 1. The molecule has 2 rings (SSSR count). The Kier molecular flexibility index (Phi) is 2.50. The summed E-state index contributed by atoms with van der Waals surface area (Å²) in [6, 6.07) is 5.47. The van der Waals surface area contributed by atoms with Crippen LogP contribution in [-0.2, 0) is 6.18 Å². The summed E-state index contributed by atoms with van der Waals surface area (Å²) in [5.41, 5.74) is 0.117. The molecule has 0 bridgehead atoms. The highest BCUT2D eigenvalue weighted by Crippen LogP contribution is 2.32. The van der Waals surface area contributed by atoms with Crippen molar-refractivity contribution in [3.8, 4) is 0 Å². The molecule has 1 aliphatic rings. The number of benzene rings is 1. The molecule has 0 fully saturated rings. The average molecular weight is 213 g/mol. The van der Waals surface area contributed by atoms with Crippen molar-refractivity contribution in [2.45, 2.75) is 18.5 Å². The van der Waals surface area contributed by atoms with E-state index >= 15 is 0 Å². The third-order valence-corrected chi connectivity index (χ3v) is 2.50. The van der Waals surface area contributed by atoms with Crippen molar-refractivity contribution in [1.82, 2.24) is 0 Å². The standard InChI is InChI=1S/C11H10F3N/c12-11(13,14)10-3-1-2-8(6-10)9-4-5-15-7-9/h1-3,6-7,9H,4-5H2/t9-/m1/s1. The second-order valence-electron chi connectivity index (χ2n) is 3.57.